The van der Waals surface area contributed by atoms with Crippen molar-refractivity contribution < 1.29 is 28.6 Å². The minimum absolute atomic E-state index is 0.112. The molecule has 0 aromatic rings. The third kappa shape index (κ3) is 62.0. The van der Waals surface area contributed by atoms with Crippen LogP contribution in [0.15, 0.2) is 146 Å². The molecule has 6 heteroatoms. The van der Waals surface area contributed by atoms with Crippen molar-refractivity contribution in [2.24, 2.45) is 0 Å². The maximum Gasteiger partial charge on any atom is 0.306 e. The van der Waals surface area contributed by atoms with Gasteiger partial charge < -0.3 is 14.2 Å². The number of carbonyl (C=O) groups excluding carboxylic acids is 3. The lowest BCUT2D eigenvalue weighted by Crippen LogP contribution is -2.30. The average molecular weight is 1060 g/mol. The molecule has 6 nitrogen and oxygen atoms in total. The van der Waals surface area contributed by atoms with Crippen molar-refractivity contribution in [1.29, 1.82) is 0 Å². The second-order valence-electron chi connectivity index (χ2n) is 20.2. The fourth-order valence-corrected chi connectivity index (χ4v) is 8.24. The first-order valence-electron chi connectivity index (χ1n) is 31.3. The van der Waals surface area contributed by atoms with Gasteiger partial charge in [-0.1, -0.05) is 256 Å². The third-order valence-electron chi connectivity index (χ3n) is 12.8. The number of hydrogen-bond donors (Lipinski definition) is 0. The van der Waals surface area contributed by atoms with Crippen LogP contribution in [0, 0.1) is 0 Å². The lowest BCUT2D eigenvalue weighted by molar-refractivity contribution is -0.167. The van der Waals surface area contributed by atoms with E-state index in [1.165, 1.54) is 89.9 Å². The van der Waals surface area contributed by atoms with Gasteiger partial charge in [0.05, 0.1) is 0 Å². The van der Waals surface area contributed by atoms with Gasteiger partial charge in [-0.05, 0) is 135 Å². The van der Waals surface area contributed by atoms with E-state index in [0.29, 0.717) is 25.7 Å². The molecular weight excluding hydrogens is 949 g/mol. The molecular formula is C71H114O6. The van der Waals surface area contributed by atoms with E-state index in [2.05, 4.69) is 167 Å². The van der Waals surface area contributed by atoms with Gasteiger partial charge in [0.15, 0.2) is 6.10 Å². The summed E-state index contributed by atoms with van der Waals surface area (Å²) in [7, 11) is 0. The molecule has 0 aliphatic carbocycles. The molecule has 0 spiro atoms. The van der Waals surface area contributed by atoms with E-state index in [0.717, 1.165) is 122 Å². The summed E-state index contributed by atoms with van der Waals surface area (Å²) < 4.78 is 16.8. The monoisotopic (exact) mass is 1060 g/mol. The van der Waals surface area contributed by atoms with Crippen molar-refractivity contribution in [2.45, 2.75) is 271 Å². The number of rotatable bonds is 55. The average Bonchev–Trinajstić information content (AvgIpc) is 3.43. The van der Waals surface area contributed by atoms with E-state index >= 15 is 0 Å². The molecule has 0 rings (SSSR count). The Morgan fingerprint density at radius 3 is 0.753 bits per heavy atom. The van der Waals surface area contributed by atoms with Crippen molar-refractivity contribution in [3.63, 3.8) is 0 Å². The van der Waals surface area contributed by atoms with E-state index in [1.54, 1.807) is 0 Å². The van der Waals surface area contributed by atoms with Gasteiger partial charge in [0.2, 0.25) is 0 Å². The van der Waals surface area contributed by atoms with Gasteiger partial charge in [0.1, 0.15) is 13.2 Å². The number of ether oxygens (including phenoxy) is 3. The smallest absolute Gasteiger partial charge is 0.306 e. The summed E-state index contributed by atoms with van der Waals surface area (Å²) in [6.07, 6.45) is 91.6. The minimum Gasteiger partial charge on any atom is -0.462 e. The van der Waals surface area contributed by atoms with Crippen molar-refractivity contribution in [3.8, 4) is 0 Å². The zero-order valence-electron chi connectivity index (χ0n) is 49.7. The molecule has 0 heterocycles. The second-order valence-corrected chi connectivity index (χ2v) is 20.2. The number of hydrogen-bond acceptors (Lipinski definition) is 6. The Kier molecular flexibility index (Phi) is 59.9. The van der Waals surface area contributed by atoms with E-state index < -0.39 is 6.10 Å². The van der Waals surface area contributed by atoms with Crippen LogP contribution in [0.1, 0.15) is 265 Å². The predicted molar refractivity (Wildman–Crippen MR) is 334 cm³/mol. The first-order valence-corrected chi connectivity index (χ1v) is 31.3. The van der Waals surface area contributed by atoms with E-state index in [1.807, 2.05) is 0 Å². The third-order valence-corrected chi connectivity index (χ3v) is 12.8. The molecule has 1 unspecified atom stereocenters. The second kappa shape index (κ2) is 63.8. The fraction of sp³-hybridized carbons (Fsp3) is 0.620. The largest absolute Gasteiger partial charge is 0.462 e. The molecule has 0 saturated heterocycles. The lowest BCUT2D eigenvalue weighted by atomic mass is 10.0. The quantitative estimate of drug-likeness (QED) is 0.0261. The van der Waals surface area contributed by atoms with E-state index in [9.17, 15) is 14.4 Å². The molecule has 0 aromatic heterocycles. The highest BCUT2D eigenvalue weighted by Gasteiger charge is 2.19. The highest BCUT2D eigenvalue weighted by Crippen LogP contribution is 2.16. The Bertz CT molecular complexity index is 1700. The molecule has 0 N–H and O–H groups in total. The van der Waals surface area contributed by atoms with Gasteiger partial charge >= 0.3 is 17.9 Å². The van der Waals surface area contributed by atoms with Crippen LogP contribution in [0.5, 0.6) is 0 Å². The number of carbonyl (C=O) groups is 3. The summed E-state index contributed by atoms with van der Waals surface area (Å²) in [6.45, 7) is 6.23. The Balaban J connectivity index is 4.33. The standard InChI is InChI=1S/C71H114O6/c1-4-7-10-13-16-19-22-25-28-29-30-31-32-33-34-35-36-37-38-39-40-41-44-46-49-52-55-58-61-64-70(73)76-67-68(77-71(74)65-62-59-56-53-50-47-43-27-24-21-18-15-12-9-6-3)66-75-69(72)63-60-57-54-51-48-45-42-26-23-20-17-14-11-8-5-2/h7-12,16-21,25-28,30-31,42-43,48,50-51,53,68H,4-6,13-15,22-24,29,32-41,44-47,49,52,54-67H2,1-3H3/b10-7-,11-8-,12-9-,19-16-,20-17-,21-18-,28-25-,31-30-,42-26-,43-27-,51-48-,53-50-. The molecule has 434 valence electrons. The molecule has 0 aromatic carbocycles. The van der Waals surface area contributed by atoms with Crippen molar-refractivity contribution in [3.05, 3.63) is 146 Å². The van der Waals surface area contributed by atoms with Crippen molar-refractivity contribution in [1.82, 2.24) is 0 Å². The Labute approximate surface area is 474 Å². The van der Waals surface area contributed by atoms with Crippen molar-refractivity contribution in [2.75, 3.05) is 13.2 Å². The molecule has 0 amide bonds. The normalized spacial score (nSPS) is 13.1. The van der Waals surface area contributed by atoms with Crippen LogP contribution in [-0.4, -0.2) is 37.2 Å². The first-order chi connectivity index (χ1) is 38.0. The topological polar surface area (TPSA) is 78.9 Å². The lowest BCUT2D eigenvalue weighted by Gasteiger charge is -2.18. The van der Waals surface area contributed by atoms with Gasteiger partial charge in [0, 0.05) is 19.3 Å². The van der Waals surface area contributed by atoms with Crippen LogP contribution in [-0.2, 0) is 28.6 Å². The molecule has 0 bridgehead atoms. The summed E-state index contributed by atoms with van der Waals surface area (Å²) in [4.78, 5) is 38.2. The van der Waals surface area contributed by atoms with Gasteiger partial charge in [0.25, 0.3) is 0 Å². The maximum absolute atomic E-state index is 12.9. The Morgan fingerprint density at radius 2 is 0.468 bits per heavy atom. The van der Waals surface area contributed by atoms with Crippen molar-refractivity contribution >= 4 is 17.9 Å². The van der Waals surface area contributed by atoms with Crippen LogP contribution in [0.25, 0.3) is 0 Å². The number of esters is 3. The molecule has 0 aliphatic rings. The molecule has 0 aliphatic heterocycles. The van der Waals surface area contributed by atoms with Gasteiger partial charge in [-0.3, -0.25) is 14.4 Å². The van der Waals surface area contributed by atoms with Gasteiger partial charge in [-0.2, -0.15) is 0 Å². The molecule has 0 radical (unpaired) electrons. The summed E-state index contributed by atoms with van der Waals surface area (Å²) in [5.74, 6) is -0.998. The van der Waals surface area contributed by atoms with Gasteiger partial charge in [-0.25, -0.2) is 0 Å². The van der Waals surface area contributed by atoms with Crippen LogP contribution in [0.4, 0.5) is 0 Å². The summed E-state index contributed by atoms with van der Waals surface area (Å²) in [5, 5.41) is 0. The first kappa shape index (κ1) is 72.3. The number of unbranched alkanes of at least 4 members (excludes halogenated alkanes) is 20. The molecule has 0 fully saturated rings. The summed E-state index contributed by atoms with van der Waals surface area (Å²) >= 11 is 0. The summed E-state index contributed by atoms with van der Waals surface area (Å²) in [5.41, 5.74) is 0. The van der Waals surface area contributed by atoms with Crippen LogP contribution < -0.4 is 0 Å². The Hall–Kier alpha value is -4.71. The fourth-order valence-electron chi connectivity index (χ4n) is 8.24. The zero-order valence-corrected chi connectivity index (χ0v) is 49.7. The zero-order chi connectivity index (χ0) is 55.7. The summed E-state index contributed by atoms with van der Waals surface area (Å²) in [6, 6.07) is 0. The Morgan fingerprint density at radius 1 is 0.260 bits per heavy atom. The van der Waals surface area contributed by atoms with Crippen LogP contribution in [0.2, 0.25) is 0 Å². The van der Waals surface area contributed by atoms with Crippen LogP contribution in [0.3, 0.4) is 0 Å². The molecule has 0 saturated carbocycles. The van der Waals surface area contributed by atoms with Gasteiger partial charge in [-0.15, -0.1) is 0 Å². The van der Waals surface area contributed by atoms with Crippen LogP contribution >= 0.6 is 0 Å². The van der Waals surface area contributed by atoms with E-state index in [4.69, 9.17) is 14.2 Å². The molecule has 1 atom stereocenters. The highest BCUT2D eigenvalue weighted by atomic mass is 16.6. The maximum atomic E-state index is 12.9. The predicted octanol–water partition coefficient (Wildman–Crippen LogP) is 21.5. The molecule has 77 heavy (non-hydrogen) atoms. The van der Waals surface area contributed by atoms with E-state index in [-0.39, 0.29) is 37.5 Å². The number of allylic oxidation sites excluding steroid dienone is 24. The highest BCUT2D eigenvalue weighted by molar-refractivity contribution is 5.71. The minimum atomic E-state index is -0.822. The SMILES string of the molecule is CC/C=C\C/C=C\C/C=C\C/C=C\CCCCCCCCCCCCCCCCCCC(=O)OCC(COC(=O)CCCC/C=C\C/C=C\C/C=C\C/C=C\CC)OC(=O)CCCC/C=C\C/C=C\C/C=C\C/C=C\CC.